The van der Waals surface area contributed by atoms with E-state index in [1.807, 2.05) is 78.6 Å². The molecular formula is C34H37IrN4-3. The van der Waals surface area contributed by atoms with E-state index in [1.54, 1.807) is 0 Å². The molecule has 4 nitrogen and oxygen atoms in total. The van der Waals surface area contributed by atoms with Gasteiger partial charge in [0.25, 0.3) is 0 Å². The van der Waals surface area contributed by atoms with E-state index >= 15 is 0 Å². The minimum absolute atomic E-state index is 0. The molecule has 0 atom stereocenters. The first kappa shape index (κ1) is 31.4. The molecule has 0 unspecified atom stereocenters. The molecule has 0 fully saturated rings. The molecule has 39 heavy (non-hydrogen) atoms. The predicted molar refractivity (Wildman–Crippen MR) is 164 cm³/mol. The minimum atomic E-state index is 0. The van der Waals surface area contributed by atoms with Crippen LogP contribution in [0.1, 0.15) is 20.3 Å². The molecule has 5 heteroatoms. The van der Waals surface area contributed by atoms with Gasteiger partial charge in [0.1, 0.15) is 0 Å². The van der Waals surface area contributed by atoms with Crippen molar-refractivity contribution in [3.8, 4) is 0 Å². The van der Waals surface area contributed by atoms with Crippen molar-refractivity contribution in [2.45, 2.75) is 20.3 Å². The maximum Gasteiger partial charge on any atom is 0.0989 e. The van der Waals surface area contributed by atoms with Crippen LogP contribution in [0.5, 0.6) is 0 Å². The van der Waals surface area contributed by atoms with Crippen LogP contribution in [0.25, 0.3) is 0 Å². The molecule has 4 aromatic rings. The van der Waals surface area contributed by atoms with E-state index in [0.717, 1.165) is 18.0 Å². The van der Waals surface area contributed by atoms with Crippen molar-refractivity contribution >= 4 is 22.7 Å². The summed E-state index contributed by atoms with van der Waals surface area (Å²) in [6.45, 7) is 7.16. The number of nitrogens with zero attached hydrogens (tertiary/aromatic N) is 4. The number of rotatable bonds is 4. The molecule has 0 N–H and O–H groups in total. The zero-order valence-corrected chi connectivity index (χ0v) is 25.3. The Bertz CT molecular complexity index is 1040. The quantitative estimate of drug-likeness (QED) is 0.198. The summed E-state index contributed by atoms with van der Waals surface area (Å²) in [4.78, 5) is 8.59. The van der Waals surface area contributed by atoms with Crippen LogP contribution in [0.3, 0.4) is 0 Å². The molecule has 2 aliphatic heterocycles. The van der Waals surface area contributed by atoms with Gasteiger partial charge in [0.15, 0.2) is 0 Å². The maximum absolute atomic E-state index is 3.20. The fourth-order valence-corrected chi connectivity index (χ4v) is 3.79. The Morgan fingerprint density at radius 3 is 1.49 bits per heavy atom. The maximum atomic E-state index is 3.20. The van der Waals surface area contributed by atoms with Crippen molar-refractivity contribution in [1.82, 2.24) is 0 Å². The van der Waals surface area contributed by atoms with E-state index in [0.29, 0.717) is 0 Å². The molecular weight excluding hydrogens is 657 g/mol. The van der Waals surface area contributed by atoms with Crippen LogP contribution in [-0.2, 0) is 20.1 Å². The molecule has 2 aliphatic rings. The fraction of sp³-hybridized carbons (Fsp3) is 0.118. The normalized spacial score (nSPS) is 13.0. The molecule has 0 amide bonds. The summed E-state index contributed by atoms with van der Waals surface area (Å²) in [5.74, 6) is 0. The molecule has 0 spiro atoms. The average Bonchev–Trinajstić information content (AvgIpc) is 3.67. The van der Waals surface area contributed by atoms with Crippen LogP contribution in [0.15, 0.2) is 140 Å². The molecule has 1 radical (unpaired) electrons. The van der Waals surface area contributed by atoms with Crippen molar-refractivity contribution in [3.63, 3.8) is 0 Å². The van der Waals surface area contributed by atoms with E-state index in [1.165, 1.54) is 17.8 Å². The SMILES string of the molecule is C1=CN(c2ccccc2)CN1c1ccccc1.CCC.[CH3-].[Ir].[c-]1ccccc1N1C=CN(c2ccccc2)[CH-]1. The predicted octanol–water partition coefficient (Wildman–Crippen LogP) is 8.71. The standard InChI is InChI=1S/C15H14N2.C15H12N2.C3H8.CH3.Ir/c2*1-3-7-14(8-4-1)16-11-12-17(13-16)15-9-5-2-6-10-15;1-3-2;;/h1-12H,13H2;1-9,11-13H;3H2,1-2H3;1H3;/q;-2;;-1;. The Morgan fingerprint density at radius 1 is 0.590 bits per heavy atom. The minimum Gasteiger partial charge on any atom is -0.500 e. The smallest absolute Gasteiger partial charge is 0.0989 e. The molecule has 0 aromatic heterocycles. The number of para-hydroxylation sites is 4. The number of hydrogen-bond donors (Lipinski definition) is 0. The number of anilines is 4. The first-order chi connectivity index (χ1) is 18.3. The molecule has 0 bridgehead atoms. The van der Waals surface area contributed by atoms with E-state index in [-0.39, 0.29) is 27.5 Å². The number of hydrogen-bond acceptors (Lipinski definition) is 4. The second kappa shape index (κ2) is 16.9. The third-order valence-electron chi connectivity index (χ3n) is 5.57. The third-order valence-corrected chi connectivity index (χ3v) is 5.57. The second-order valence-electron chi connectivity index (χ2n) is 8.57. The van der Waals surface area contributed by atoms with Gasteiger partial charge in [-0.05, 0) is 48.8 Å². The monoisotopic (exact) mass is 694 g/mol. The largest absolute Gasteiger partial charge is 0.500 e. The topological polar surface area (TPSA) is 13.0 Å². The van der Waals surface area contributed by atoms with Crippen LogP contribution in [0.2, 0.25) is 0 Å². The summed E-state index contributed by atoms with van der Waals surface area (Å²) < 4.78 is 0. The van der Waals surface area contributed by atoms with E-state index in [4.69, 9.17) is 0 Å². The van der Waals surface area contributed by atoms with Crippen LogP contribution in [-0.4, -0.2) is 6.67 Å². The Balaban J connectivity index is 0.000000238. The van der Waals surface area contributed by atoms with Gasteiger partial charge in [-0.25, -0.2) is 0 Å². The van der Waals surface area contributed by atoms with Gasteiger partial charge in [-0.2, -0.15) is 30.3 Å². The van der Waals surface area contributed by atoms with Gasteiger partial charge in [0, 0.05) is 49.6 Å². The van der Waals surface area contributed by atoms with Crippen molar-refractivity contribution in [3.05, 3.63) is 160 Å². The Kier molecular flexibility index (Phi) is 13.6. The molecule has 0 saturated carbocycles. The van der Waals surface area contributed by atoms with Crippen molar-refractivity contribution < 1.29 is 20.1 Å². The van der Waals surface area contributed by atoms with Gasteiger partial charge >= 0.3 is 0 Å². The van der Waals surface area contributed by atoms with E-state index in [9.17, 15) is 0 Å². The first-order valence-electron chi connectivity index (χ1n) is 12.7. The Morgan fingerprint density at radius 2 is 1.03 bits per heavy atom. The average molecular weight is 694 g/mol. The van der Waals surface area contributed by atoms with Crippen molar-refractivity contribution in [2.75, 3.05) is 26.3 Å². The van der Waals surface area contributed by atoms with Gasteiger partial charge < -0.3 is 27.0 Å². The zero-order chi connectivity index (χ0) is 25.7. The molecule has 0 aliphatic carbocycles. The summed E-state index contributed by atoms with van der Waals surface area (Å²) in [6, 6.07) is 42.2. The van der Waals surface area contributed by atoms with Gasteiger partial charge in [-0.1, -0.05) is 74.9 Å². The summed E-state index contributed by atoms with van der Waals surface area (Å²) in [7, 11) is 0. The van der Waals surface area contributed by atoms with Gasteiger partial charge in [0.05, 0.1) is 6.67 Å². The van der Waals surface area contributed by atoms with E-state index < -0.39 is 0 Å². The first-order valence-corrected chi connectivity index (χ1v) is 12.7. The Labute approximate surface area is 248 Å². The molecule has 2 heterocycles. The molecule has 205 valence electrons. The molecule has 6 rings (SSSR count). The van der Waals surface area contributed by atoms with Crippen molar-refractivity contribution in [1.29, 1.82) is 0 Å². The molecule has 4 aromatic carbocycles. The van der Waals surface area contributed by atoms with Crippen LogP contribution >= 0.6 is 0 Å². The van der Waals surface area contributed by atoms with Gasteiger partial charge in [-0.15, -0.1) is 12.4 Å². The third kappa shape index (κ3) is 9.17. The Hall–Kier alpha value is -3.79. The van der Waals surface area contributed by atoms with Crippen molar-refractivity contribution in [2.24, 2.45) is 0 Å². The summed E-state index contributed by atoms with van der Waals surface area (Å²) in [5, 5.41) is 0. The zero-order valence-electron chi connectivity index (χ0n) is 22.9. The van der Waals surface area contributed by atoms with Crippen LogP contribution < -0.4 is 19.6 Å². The van der Waals surface area contributed by atoms with Crippen LogP contribution in [0.4, 0.5) is 22.7 Å². The van der Waals surface area contributed by atoms with Crippen LogP contribution in [0, 0.1) is 20.2 Å². The summed E-state index contributed by atoms with van der Waals surface area (Å²) in [5.41, 5.74) is 4.65. The van der Waals surface area contributed by atoms with E-state index in [2.05, 4.69) is 108 Å². The second-order valence-corrected chi connectivity index (χ2v) is 8.57. The number of benzene rings is 4. The summed E-state index contributed by atoms with van der Waals surface area (Å²) in [6.07, 6.45) is 9.54. The fourth-order valence-electron chi connectivity index (χ4n) is 3.79. The molecule has 0 saturated heterocycles. The van der Waals surface area contributed by atoms with Gasteiger partial charge in [0.2, 0.25) is 0 Å². The van der Waals surface area contributed by atoms with Gasteiger partial charge in [-0.3, -0.25) is 0 Å². The summed E-state index contributed by atoms with van der Waals surface area (Å²) >= 11 is 0.